The van der Waals surface area contributed by atoms with Gasteiger partial charge >= 0.3 is 5.97 Å². The van der Waals surface area contributed by atoms with Crippen molar-refractivity contribution in [1.29, 1.82) is 0 Å². The molecule has 0 spiro atoms. The third-order valence-electron chi connectivity index (χ3n) is 0.866. The van der Waals surface area contributed by atoms with Crippen molar-refractivity contribution in [1.82, 2.24) is 0 Å². The monoisotopic (exact) mass is 117 g/mol. The van der Waals surface area contributed by atoms with Crippen molar-refractivity contribution in [3.63, 3.8) is 0 Å². The molecule has 0 aromatic rings. The van der Waals surface area contributed by atoms with Crippen LogP contribution >= 0.6 is 0 Å². The Morgan fingerprint density at radius 1 is 1.75 bits per heavy atom. The van der Waals surface area contributed by atoms with E-state index in [1.807, 2.05) is 6.92 Å². The van der Waals surface area contributed by atoms with E-state index < -0.39 is 0 Å². The molecule has 0 heterocycles. The molecule has 48 valence electrons. The van der Waals surface area contributed by atoms with Crippen LogP contribution in [0.1, 0.15) is 26.2 Å². The van der Waals surface area contributed by atoms with Gasteiger partial charge in [0.2, 0.25) is 0 Å². The Kier molecular flexibility index (Phi) is 4.26. The van der Waals surface area contributed by atoms with Crippen LogP contribution in [0.2, 0.25) is 0 Å². The highest BCUT2D eigenvalue weighted by molar-refractivity contribution is 5.68. The summed E-state index contributed by atoms with van der Waals surface area (Å²) in [6.45, 7) is 2.00. The van der Waals surface area contributed by atoms with Gasteiger partial charge in [0.1, 0.15) is 0 Å². The van der Waals surface area contributed by atoms with Gasteiger partial charge < -0.3 is 4.84 Å². The molecule has 0 aliphatic carbocycles. The predicted molar refractivity (Wildman–Crippen MR) is 29.8 cm³/mol. The first-order chi connectivity index (χ1) is 3.81. The van der Waals surface area contributed by atoms with Crippen molar-refractivity contribution in [3.8, 4) is 0 Å². The van der Waals surface area contributed by atoms with Gasteiger partial charge in [0.15, 0.2) is 0 Å². The fourth-order valence-corrected chi connectivity index (χ4v) is 0.380. The minimum Gasteiger partial charge on any atom is -0.373 e. The number of hydrogen-bond donors (Lipinski definition) is 1. The SMILES string of the molecule is CCCCC(=O)ON. The quantitative estimate of drug-likeness (QED) is 0.550. The lowest BCUT2D eigenvalue weighted by molar-refractivity contribution is -0.144. The second-order valence-corrected chi connectivity index (χ2v) is 1.59. The molecule has 2 N–H and O–H groups in total. The third-order valence-corrected chi connectivity index (χ3v) is 0.866. The lowest BCUT2D eigenvalue weighted by Crippen LogP contribution is -2.08. The number of carbonyl (C=O) groups is 1. The molecule has 8 heavy (non-hydrogen) atoms. The molecule has 3 heteroatoms. The van der Waals surface area contributed by atoms with Crippen molar-refractivity contribution < 1.29 is 9.63 Å². The molecule has 0 atom stereocenters. The molecular formula is C5H11NO2. The second kappa shape index (κ2) is 4.59. The van der Waals surface area contributed by atoms with Crippen molar-refractivity contribution in [3.05, 3.63) is 0 Å². The molecule has 0 saturated carbocycles. The molecule has 0 saturated heterocycles. The largest absolute Gasteiger partial charge is 0.373 e. The van der Waals surface area contributed by atoms with Gasteiger partial charge in [-0.3, -0.25) is 4.79 Å². The smallest absolute Gasteiger partial charge is 0.324 e. The molecule has 0 amide bonds. The van der Waals surface area contributed by atoms with Crippen LogP contribution in [0.25, 0.3) is 0 Å². The Labute approximate surface area is 48.8 Å². The summed E-state index contributed by atoms with van der Waals surface area (Å²) in [5.74, 6) is 4.24. The summed E-state index contributed by atoms with van der Waals surface area (Å²) in [6.07, 6.45) is 2.29. The highest BCUT2D eigenvalue weighted by Gasteiger charge is 1.96. The molecule has 0 aromatic heterocycles. The predicted octanol–water partition coefficient (Wildman–Crippen LogP) is 0.594. The molecule has 0 aliphatic rings. The Morgan fingerprint density at radius 2 is 2.38 bits per heavy atom. The summed E-state index contributed by atoms with van der Waals surface area (Å²) in [5.41, 5.74) is 0. The van der Waals surface area contributed by atoms with Crippen molar-refractivity contribution in [2.24, 2.45) is 5.90 Å². The maximum absolute atomic E-state index is 10.2. The molecule has 0 unspecified atom stereocenters. The van der Waals surface area contributed by atoms with Gasteiger partial charge in [-0.2, -0.15) is 5.90 Å². The first-order valence-electron chi connectivity index (χ1n) is 2.70. The molecular weight excluding hydrogens is 106 g/mol. The van der Waals surface area contributed by atoms with Crippen molar-refractivity contribution in [2.75, 3.05) is 0 Å². The Morgan fingerprint density at radius 3 is 2.75 bits per heavy atom. The minimum absolute atomic E-state index is 0.327. The molecule has 0 radical (unpaired) electrons. The Hall–Kier alpha value is -0.570. The first-order valence-corrected chi connectivity index (χ1v) is 2.70. The van der Waals surface area contributed by atoms with E-state index in [1.54, 1.807) is 0 Å². The Balaban J connectivity index is 2.99. The van der Waals surface area contributed by atoms with Crippen LogP contribution in [0, 0.1) is 0 Å². The molecule has 0 aliphatic heterocycles. The summed E-state index contributed by atoms with van der Waals surface area (Å²) in [5, 5.41) is 0. The van der Waals surface area contributed by atoms with Crippen LogP contribution in [0.15, 0.2) is 0 Å². The van der Waals surface area contributed by atoms with E-state index in [-0.39, 0.29) is 5.97 Å². The molecule has 0 aromatic carbocycles. The van der Waals surface area contributed by atoms with Gasteiger partial charge in [0, 0.05) is 6.42 Å². The summed E-state index contributed by atoms with van der Waals surface area (Å²) >= 11 is 0. The van der Waals surface area contributed by atoms with E-state index in [9.17, 15) is 4.79 Å². The number of carbonyl (C=O) groups excluding carboxylic acids is 1. The van der Waals surface area contributed by atoms with Gasteiger partial charge in [-0.15, -0.1) is 0 Å². The molecule has 0 rings (SSSR count). The normalized spacial score (nSPS) is 8.75. The zero-order chi connectivity index (χ0) is 6.41. The third kappa shape index (κ3) is 3.61. The van der Waals surface area contributed by atoms with E-state index in [0.29, 0.717) is 6.42 Å². The molecule has 0 fully saturated rings. The van der Waals surface area contributed by atoms with E-state index in [2.05, 4.69) is 10.7 Å². The summed E-state index contributed by atoms with van der Waals surface area (Å²) < 4.78 is 0. The number of rotatable bonds is 3. The van der Waals surface area contributed by atoms with E-state index in [1.165, 1.54) is 0 Å². The lowest BCUT2D eigenvalue weighted by Gasteiger charge is -1.92. The van der Waals surface area contributed by atoms with Gasteiger partial charge in [0.05, 0.1) is 0 Å². The highest BCUT2D eigenvalue weighted by atomic mass is 16.7. The number of unbranched alkanes of at least 4 members (excludes halogenated alkanes) is 1. The average molecular weight is 117 g/mol. The van der Waals surface area contributed by atoms with Crippen LogP contribution in [0.3, 0.4) is 0 Å². The summed E-state index contributed by atoms with van der Waals surface area (Å²) in [4.78, 5) is 14.1. The Bertz CT molecular complexity index is 72.8. The average Bonchev–Trinajstić information content (AvgIpc) is 1.83. The zero-order valence-corrected chi connectivity index (χ0v) is 5.02. The summed E-state index contributed by atoms with van der Waals surface area (Å²) in [7, 11) is 0. The van der Waals surface area contributed by atoms with Gasteiger partial charge in [-0.25, -0.2) is 0 Å². The van der Waals surface area contributed by atoms with Gasteiger partial charge in [0.25, 0.3) is 0 Å². The van der Waals surface area contributed by atoms with E-state index in [0.717, 1.165) is 12.8 Å². The fraction of sp³-hybridized carbons (Fsp3) is 0.800. The van der Waals surface area contributed by atoms with Gasteiger partial charge in [-0.05, 0) is 6.42 Å². The fourth-order valence-electron chi connectivity index (χ4n) is 0.380. The van der Waals surface area contributed by atoms with Crippen LogP contribution in [0.5, 0.6) is 0 Å². The summed E-state index contributed by atoms with van der Waals surface area (Å²) in [6, 6.07) is 0. The molecule has 3 nitrogen and oxygen atoms in total. The van der Waals surface area contributed by atoms with Crippen LogP contribution < -0.4 is 5.90 Å². The van der Waals surface area contributed by atoms with Crippen LogP contribution in [-0.4, -0.2) is 5.97 Å². The van der Waals surface area contributed by atoms with E-state index >= 15 is 0 Å². The zero-order valence-electron chi connectivity index (χ0n) is 5.02. The number of hydrogen-bond acceptors (Lipinski definition) is 3. The minimum atomic E-state index is -0.327. The topological polar surface area (TPSA) is 52.3 Å². The number of nitrogens with two attached hydrogens (primary N) is 1. The van der Waals surface area contributed by atoms with Crippen LogP contribution in [-0.2, 0) is 9.63 Å². The first kappa shape index (κ1) is 7.43. The molecule has 0 bridgehead atoms. The second-order valence-electron chi connectivity index (χ2n) is 1.59. The van der Waals surface area contributed by atoms with Gasteiger partial charge in [-0.1, -0.05) is 13.3 Å². The van der Waals surface area contributed by atoms with Crippen molar-refractivity contribution in [2.45, 2.75) is 26.2 Å². The highest BCUT2D eigenvalue weighted by Crippen LogP contribution is 1.93. The van der Waals surface area contributed by atoms with Crippen LogP contribution in [0.4, 0.5) is 0 Å². The van der Waals surface area contributed by atoms with E-state index in [4.69, 9.17) is 0 Å². The maximum Gasteiger partial charge on any atom is 0.324 e. The maximum atomic E-state index is 10.2. The van der Waals surface area contributed by atoms with Crippen molar-refractivity contribution >= 4 is 5.97 Å². The lowest BCUT2D eigenvalue weighted by atomic mass is 10.3. The standard InChI is InChI=1S/C5H11NO2/c1-2-3-4-5(7)8-6/h2-4,6H2,1H3.